The number of aliphatic hydroxyl groups is 3. The molecule has 0 saturated heterocycles. The van der Waals surface area contributed by atoms with Gasteiger partial charge in [0.25, 0.3) is 5.91 Å². The lowest BCUT2D eigenvalue weighted by molar-refractivity contribution is -0.148. The Morgan fingerprint density at radius 3 is 2.54 bits per heavy atom. The molecule has 4 atom stereocenters. The number of aliphatic hydroxyl groups excluding tert-OH is 2. The molecule has 0 radical (unpaired) electrons. The number of phenols is 1. The Bertz CT molecular complexity index is 1450. The standard InChI is InChI=1S/C26H24ClN3O7/c1-30(2)20-14-7-11-6-13-17(15(31)8-12(19(13)27)10-4-3-5-29-9-10)21(32)16(11)23(34)26(14,37)24(35)18(22(20)33)25(28)36/h3-5,8-9,11,14,20,31,33-34,37H,6-7H2,1-2H3,(H2,28,36)/t11-,14-,20-,26-/m0/s1. The highest BCUT2D eigenvalue weighted by Crippen LogP contribution is 2.53. The number of aromatic nitrogens is 1. The monoisotopic (exact) mass is 525 g/mol. The number of primary amides is 1. The summed E-state index contributed by atoms with van der Waals surface area (Å²) < 4.78 is 0. The number of carbonyl (C=O) groups is 3. The molecule has 5 rings (SSSR count). The zero-order valence-corrected chi connectivity index (χ0v) is 20.7. The van der Waals surface area contributed by atoms with Crippen LogP contribution in [-0.2, 0) is 16.0 Å². The molecule has 3 aliphatic rings. The first-order chi connectivity index (χ1) is 17.4. The van der Waals surface area contributed by atoms with E-state index in [-0.39, 0.29) is 34.8 Å². The molecule has 0 spiro atoms. The van der Waals surface area contributed by atoms with E-state index in [0.29, 0.717) is 16.7 Å². The van der Waals surface area contributed by atoms with Gasteiger partial charge >= 0.3 is 0 Å². The van der Waals surface area contributed by atoms with Crippen molar-refractivity contribution in [3.05, 3.63) is 69.4 Å². The first-order valence-corrected chi connectivity index (χ1v) is 11.9. The van der Waals surface area contributed by atoms with Gasteiger partial charge in [-0.05, 0) is 50.6 Å². The van der Waals surface area contributed by atoms with Crippen LogP contribution in [0.25, 0.3) is 11.1 Å². The Labute approximate surface area is 216 Å². The Morgan fingerprint density at radius 2 is 1.95 bits per heavy atom. The fourth-order valence-corrected chi connectivity index (χ4v) is 6.36. The number of aromatic hydroxyl groups is 1. The van der Waals surface area contributed by atoms with Crippen molar-refractivity contribution in [2.45, 2.75) is 24.5 Å². The summed E-state index contributed by atoms with van der Waals surface area (Å²) in [7, 11) is 3.14. The molecule has 1 aromatic heterocycles. The van der Waals surface area contributed by atoms with Gasteiger partial charge in [0.2, 0.25) is 5.78 Å². The first kappa shape index (κ1) is 24.9. The second-order valence-corrected chi connectivity index (χ2v) is 10.2. The predicted octanol–water partition coefficient (Wildman–Crippen LogP) is 1.84. The average Bonchev–Trinajstić information content (AvgIpc) is 2.83. The van der Waals surface area contributed by atoms with E-state index < -0.39 is 58.0 Å². The summed E-state index contributed by atoms with van der Waals surface area (Å²) in [6.07, 6.45) is 3.24. The summed E-state index contributed by atoms with van der Waals surface area (Å²) in [4.78, 5) is 44.6. The Balaban J connectivity index is 1.72. The molecule has 0 unspecified atom stereocenters. The number of fused-ring (bicyclic) bond motifs is 3. The lowest BCUT2D eigenvalue weighted by Crippen LogP contribution is -2.63. The van der Waals surface area contributed by atoms with Crippen molar-refractivity contribution in [2.24, 2.45) is 17.6 Å². The second-order valence-electron chi connectivity index (χ2n) is 9.82. The van der Waals surface area contributed by atoms with Crippen LogP contribution in [0.3, 0.4) is 0 Å². The van der Waals surface area contributed by atoms with E-state index in [2.05, 4.69) is 4.98 Å². The van der Waals surface area contributed by atoms with Crippen LogP contribution in [0.5, 0.6) is 5.75 Å². The fraction of sp³-hybridized carbons (Fsp3) is 0.308. The maximum Gasteiger partial charge on any atom is 0.255 e. The predicted molar refractivity (Wildman–Crippen MR) is 132 cm³/mol. The van der Waals surface area contributed by atoms with Crippen LogP contribution in [0, 0.1) is 11.8 Å². The van der Waals surface area contributed by atoms with Gasteiger partial charge < -0.3 is 26.2 Å². The third kappa shape index (κ3) is 3.33. The Morgan fingerprint density at radius 1 is 1.24 bits per heavy atom. The summed E-state index contributed by atoms with van der Waals surface area (Å²) in [5.74, 6) is -7.07. The molecule has 2 aromatic rings. The molecular weight excluding hydrogens is 502 g/mol. The van der Waals surface area contributed by atoms with Crippen LogP contribution in [0.4, 0.5) is 0 Å². The van der Waals surface area contributed by atoms with Crippen molar-refractivity contribution in [2.75, 3.05) is 14.1 Å². The first-order valence-electron chi connectivity index (χ1n) is 11.5. The van der Waals surface area contributed by atoms with Crippen molar-refractivity contribution in [1.29, 1.82) is 0 Å². The van der Waals surface area contributed by atoms with E-state index >= 15 is 0 Å². The number of amides is 1. The summed E-state index contributed by atoms with van der Waals surface area (Å²) in [5, 5.41) is 44.8. The molecule has 6 N–H and O–H groups in total. The smallest absolute Gasteiger partial charge is 0.255 e. The quantitative estimate of drug-likeness (QED) is 0.374. The maximum atomic E-state index is 13.7. The third-order valence-electron chi connectivity index (χ3n) is 7.63. The van der Waals surface area contributed by atoms with E-state index in [9.17, 15) is 34.8 Å². The topological polar surface area (TPSA) is 174 Å². The molecule has 1 heterocycles. The lowest BCUT2D eigenvalue weighted by atomic mass is 9.58. The molecule has 1 aromatic carbocycles. The molecule has 11 heteroatoms. The third-order valence-corrected chi connectivity index (χ3v) is 8.06. The van der Waals surface area contributed by atoms with Crippen molar-refractivity contribution < 1.29 is 34.8 Å². The van der Waals surface area contributed by atoms with Crippen molar-refractivity contribution in [1.82, 2.24) is 9.88 Å². The van der Waals surface area contributed by atoms with Gasteiger partial charge in [0.15, 0.2) is 11.4 Å². The van der Waals surface area contributed by atoms with Gasteiger partial charge in [-0.3, -0.25) is 24.3 Å². The minimum absolute atomic E-state index is 0.0139. The van der Waals surface area contributed by atoms with Crippen LogP contribution >= 0.6 is 11.6 Å². The highest BCUT2D eigenvalue weighted by atomic mass is 35.5. The minimum Gasteiger partial charge on any atom is -0.510 e. The maximum absolute atomic E-state index is 13.7. The Hall–Kier alpha value is -3.73. The van der Waals surface area contributed by atoms with Gasteiger partial charge in [0.1, 0.15) is 22.8 Å². The van der Waals surface area contributed by atoms with Crippen molar-refractivity contribution in [3.8, 4) is 16.9 Å². The molecule has 0 bridgehead atoms. The van der Waals surface area contributed by atoms with E-state index in [1.807, 2.05) is 0 Å². The number of halogens is 1. The number of nitrogens with zero attached hydrogens (tertiary/aromatic N) is 2. The normalized spacial score (nSPS) is 27.2. The molecule has 3 aliphatic carbocycles. The summed E-state index contributed by atoms with van der Waals surface area (Å²) >= 11 is 6.73. The van der Waals surface area contributed by atoms with Gasteiger partial charge in [-0.15, -0.1) is 0 Å². The van der Waals surface area contributed by atoms with Gasteiger partial charge in [0, 0.05) is 35.0 Å². The minimum atomic E-state index is -2.68. The van der Waals surface area contributed by atoms with Crippen LogP contribution in [-0.4, -0.2) is 73.5 Å². The number of benzene rings is 1. The molecule has 1 amide bonds. The highest BCUT2D eigenvalue weighted by Gasteiger charge is 2.63. The van der Waals surface area contributed by atoms with E-state index in [1.54, 1.807) is 38.6 Å². The zero-order valence-electron chi connectivity index (χ0n) is 19.9. The molecule has 0 aliphatic heterocycles. The van der Waals surface area contributed by atoms with Crippen LogP contribution < -0.4 is 5.73 Å². The van der Waals surface area contributed by atoms with Gasteiger partial charge in [-0.25, -0.2) is 0 Å². The number of hydrogen-bond acceptors (Lipinski definition) is 9. The number of rotatable bonds is 3. The molecular formula is C26H24ClN3O7. The Kier molecular flexibility index (Phi) is 5.67. The molecule has 0 saturated carbocycles. The molecule has 192 valence electrons. The summed E-state index contributed by atoms with van der Waals surface area (Å²) in [5.41, 5.74) is 2.88. The van der Waals surface area contributed by atoms with Crippen LogP contribution in [0.1, 0.15) is 22.3 Å². The zero-order chi connectivity index (χ0) is 27.0. The van der Waals surface area contributed by atoms with E-state index in [0.717, 1.165) is 0 Å². The highest BCUT2D eigenvalue weighted by molar-refractivity contribution is 6.35. The number of allylic oxidation sites excluding steroid dienone is 1. The van der Waals surface area contributed by atoms with Crippen molar-refractivity contribution >= 4 is 29.1 Å². The number of carbonyl (C=O) groups excluding carboxylic acids is 3. The van der Waals surface area contributed by atoms with E-state index in [4.69, 9.17) is 17.3 Å². The van der Waals surface area contributed by atoms with Crippen LogP contribution in [0.2, 0.25) is 5.02 Å². The SMILES string of the molecule is CN(C)[C@@H]1C(O)=C(C(N)=O)C(=O)[C@@]2(O)C(O)=C3C(=O)c4c(O)cc(-c5cccnc5)c(Cl)c4C[C@H]3C[C@@H]12. The van der Waals surface area contributed by atoms with Crippen LogP contribution in [0.15, 0.2) is 53.3 Å². The second kappa shape index (κ2) is 8.41. The number of phenolic OH excluding ortho intramolecular Hbond substituents is 1. The number of pyridine rings is 1. The number of Topliss-reactive ketones (excluding diaryl/α,β-unsaturated/α-hetero) is 2. The number of likely N-dealkylation sites (N-methyl/N-ethyl adjacent to an activating group) is 1. The number of nitrogens with two attached hydrogens (primary N) is 1. The summed E-state index contributed by atoms with van der Waals surface area (Å²) in [6, 6.07) is 3.73. The fourth-order valence-electron chi connectivity index (χ4n) is 6.03. The number of ketones is 2. The largest absolute Gasteiger partial charge is 0.510 e. The number of hydrogen-bond donors (Lipinski definition) is 5. The lowest BCUT2D eigenvalue weighted by Gasteiger charge is -2.50. The van der Waals surface area contributed by atoms with Gasteiger partial charge in [-0.1, -0.05) is 17.7 Å². The molecule has 37 heavy (non-hydrogen) atoms. The van der Waals surface area contributed by atoms with Gasteiger partial charge in [0.05, 0.1) is 16.6 Å². The molecule has 0 fully saturated rings. The summed E-state index contributed by atoms with van der Waals surface area (Å²) in [6.45, 7) is 0. The van der Waals surface area contributed by atoms with Crippen molar-refractivity contribution in [3.63, 3.8) is 0 Å². The van der Waals surface area contributed by atoms with E-state index in [1.165, 1.54) is 11.0 Å². The average molecular weight is 526 g/mol. The molecule has 10 nitrogen and oxygen atoms in total. The van der Waals surface area contributed by atoms with Gasteiger partial charge in [-0.2, -0.15) is 0 Å².